The first kappa shape index (κ1) is 15.0. The van der Waals surface area contributed by atoms with E-state index >= 15 is 0 Å². The van der Waals surface area contributed by atoms with E-state index in [4.69, 9.17) is 44.5 Å². The van der Waals surface area contributed by atoms with E-state index in [0.29, 0.717) is 10.0 Å². The minimum absolute atomic E-state index is 0.111. The molecule has 1 aliphatic carbocycles. The number of fused-ring (bicyclic) bond motifs is 4. The zero-order chi connectivity index (χ0) is 16.4. The third-order valence-corrected chi connectivity index (χ3v) is 5.52. The lowest BCUT2D eigenvalue weighted by atomic mass is 9.84. The second-order valence-electron chi connectivity index (χ2n) is 6.26. The fourth-order valence-electron chi connectivity index (χ4n) is 3.66. The largest absolute Gasteiger partial charge is 0.368 e. The van der Waals surface area contributed by atoms with Crippen LogP contribution in [0.3, 0.4) is 0 Å². The molecule has 0 radical (unpaired) electrons. The molecule has 0 N–H and O–H groups in total. The molecule has 24 heavy (non-hydrogen) atoms. The van der Waals surface area contributed by atoms with Crippen molar-refractivity contribution in [3.63, 3.8) is 0 Å². The maximum absolute atomic E-state index is 6.45. The van der Waals surface area contributed by atoms with Crippen molar-refractivity contribution in [2.45, 2.75) is 18.9 Å². The van der Waals surface area contributed by atoms with Crippen molar-refractivity contribution in [3.05, 3.63) is 62.1 Å². The second kappa shape index (κ2) is 5.34. The fourth-order valence-corrected chi connectivity index (χ4v) is 4.37. The van der Waals surface area contributed by atoms with Crippen molar-refractivity contribution in [1.29, 1.82) is 0 Å². The summed E-state index contributed by atoms with van der Waals surface area (Å²) in [4.78, 5) is 4.90. The van der Waals surface area contributed by atoms with Gasteiger partial charge in [0.15, 0.2) is 0 Å². The molecule has 1 atom stereocenters. The molecule has 2 heterocycles. The van der Waals surface area contributed by atoms with Crippen LogP contribution in [0, 0.1) is 0 Å². The quantitative estimate of drug-likeness (QED) is 0.484. The lowest BCUT2D eigenvalue weighted by molar-refractivity contribution is 0.415. The van der Waals surface area contributed by atoms with E-state index in [0.717, 1.165) is 46.6 Å². The van der Waals surface area contributed by atoms with Crippen molar-refractivity contribution in [3.8, 4) is 11.3 Å². The highest BCUT2D eigenvalue weighted by atomic mass is 35.5. The molecule has 120 valence electrons. The van der Waals surface area contributed by atoms with E-state index in [1.807, 2.05) is 18.2 Å². The molecule has 1 aromatic heterocycles. The van der Waals surface area contributed by atoms with Crippen LogP contribution < -0.4 is 0 Å². The first-order valence-electron chi connectivity index (χ1n) is 7.84. The van der Waals surface area contributed by atoms with Gasteiger partial charge in [0.05, 0.1) is 22.8 Å². The van der Waals surface area contributed by atoms with Crippen molar-refractivity contribution >= 4 is 45.7 Å². The van der Waals surface area contributed by atoms with Gasteiger partial charge >= 0.3 is 0 Å². The SMILES string of the molecule is Clc1ccc2c(c1)-c1nc3c(Cl)cc(Cl)cc3c(C3CO3)c1CC2. The number of halogens is 3. The molecule has 3 aromatic rings. The van der Waals surface area contributed by atoms with Crippen LogP contribution >= 0.6 is 34.8 Å². The molecule has 0 bridgehead atoms. The first-order chi connectivity index (χ1) is 11.6. The summed E-state index contributed by atoms with van der Waals surface area (Å²) in [7, 11) is 0. The number of pyridine rings is 1. The molecule has 0 spiro atoms. The average Bonchev–Trinajstić information content (AvgIpc) is 3.37. The van der Waals surface area contributed by atoms with Gasteiger partial charge in [-0.3, -0.25) is 0 Å². The standard InChI is InChI=1S/C19H12Cl3NO/c20-10-3-1-9-2-4-12-17(16-8-24-16)14-6-11(21)7-15(22)19(14)23-18(12)13(9)5-10/h1,3,5-7,16H,2,4,8H2. The number of aryl methyl sites for hydroxylation is 1. The van der Waals surface area contributed by atoms with Gasteiger partial charge in [-0.1, -0.05) is 40.9 Å². The molecule has 5 rings (SSSR count). The Morgan fingerprint density at radius 3 is 2.62 bits per heavy atom. The maximum Gasteiger partial charge on any atom is 0.107 e. The highest BCUT2D eigenvalue weighted by Crippen LogP contribution is 2.45. The van der Waals surface area contributed by atoms with Gasteiger partial charge in [0.1, 0.15) is 6.10 Å². The lowest BCUT2D eigenvalue weighted by Gasteiger charge is -2.23. The summed E-state index contributed by atoms with van der Waals surface area (Å²) in [6.07, 6.45) is 2.02. The molecule has 1 saturated heterocycles. The van der Waals surface area contributed by atoms with Gasteiger partial charge in [0.2, 0.25) is 0 Å². The monoisotopic (exact) mass is 375 g/mol. The van der Waals surface area contributed by atoms with E-state index in [9.17, 15) is 0 Å². The fraction of sp³-hybridized carbons (Fsp3) is 0.211. The topological polar surface area (TPSA) is 25.4 Å². The number of nitrogens with zero attached hydrogens (tertiary/aromatic N) is 1. The van der Waals surface area contributed by atoms with Gasteiger partial charge in [-0.25, -0.2) is 4.98 Å². The highest BCUT2D eigenvalue weighted by Gasteiger charge is 2.33. The van der Waals surface area contributed by atoms with E-state index in [-0.39, 0.29) is 6.10 Å². The Kier molecular flexibility index (Phi) is 3.33. The Balaban J connectivity index is 1.91. The highest BCUT2D eigenvalue weighted by molar-refractivity contribution is 6.38. The summed E-state index contributed by atoms with van der Waals surface area (Å²) in [6, 6.07) is 9.70. The smallest absolute Gasteiger partial charge is 0.107 e. The molecule has 1 fully saturated rings. The van der Waals surface area contributed by atoms with Gasteiger partial charge in [-0.05, 0) is 53.8 Å². The normalized spacial score (nSPS) is 18.4. The third-order valence-electron chi connectivity index (χ3n) is 4.78. The van der Waals surface area contributed by atoms with E-state index in [2.05, 4.69) is 6.07 Å². The van der Waals surface area contributed by atoms with E-state index < -0.39 is 0 Å². The van der Waals surface area contributed by atoms with Gasteiger partial charge < -0.3 is 4.74 Å². The molecule has 5 heteroatoms. The van der Waals surface area contributed by atoms with E-state index in [1.54, 1.807) is 6.07 Å². The zero-order valence-corrected chi connectivity index (χ0v) is 14.8. The summed E-state index contributed by atoms with van der Waals surface area (Å²) in [5.74, 6) is 0. The average molecular weight is 377 g/mol. The molecule has 2 aromatic carbocycles. The summed E-state index contributed by atoms with van der Waals surface area (Å²) in [5, 5.41) is 2.90. The Morgan fingerprint density at radius 2 is 1.83 bits per heavy atom. The summed E-state index contributed by atoms with van der Waals surface area (Å²) < 4.78 is 5.62. The molecule has 2 nitrogen and oxygen atoms in total. The zero-order valence-electron chi connectivity index (χ0n) is 12.6. The summed E-state index contributed by atoms with van der Waals surface area (Å²) in [6.45, 7) is 0.734. The van der Waals surface area contributed by atoms with Crippen LogP contribution in [0.2, 0.25) is 15.1 Å². The van der Waals surface area contributed by atoms with Gasteiger partial charge in [0, 0.05) is 21.0 Å². The number of hydrogen-bond acceptors (Lipinski definition) is 2. The van der Waals surface area contributed by atoms with Crippen molar-refractivity contribution in [1.82, 2.24) is 4.98 Å². The predicted molar refractivity (Wildman–Crippen MR) is 98.3 cm³/mol. The van der Waals surface area contributed by atoms with Gasteiger partial charge in [-0.2, -0.15) is 0 Å². The molecular weight excluding hydrogens is 365 g/mol. The van der Waals surface area contributed by atoms with Crippen LogP contribution in [-0.2, 0) is 17.6 Å². The Labute approximate surface area is 154 Å². The molecular formula is C19H12Cl3NO. The second-order valence-corrected chi connectivity index (χ2v) is 7.54. The maximum atomic E-state index is 6.45. The minimum Gasteiger partial charge on any atom is -0.368 e. The Morgan fingerprint density at radius 1 is 1.00 bits per heavy atom. The number of aromatic nitrogens is 1. The van der Waals surface area contributed by atoms with Crippen molar-refractivity contribution < 1.29 is 4.74 Å². The van der Waals surface area contributed by atoms with Crippen LogP contribution in [0.15, 0.2) is 30.3 Å². The van der Waals surface area contributed by atoms with Gasteiger partial charge in [-0.15, -0.1) is 0 Å². The van der Waals surface area contributed by atoms with Crippen LogP contribution in [0.5, 0.6) is 0 Å². The van der Waals surface area contributed by atoms with Crippen molar-refractivity contribution in [2.24, 2.45) is 0 Å². The summed E-state index contributed by atoms with van der Waals surface area (Å²) >= 11 is 18.9. The molecule has 2 aliphatic rings. The molecule has 0 amide bonds. The Hall–Kier alpha value is -1.32. The van der Waals surface area contributed by atoms with E-state index in [1.165, 1.54) is 16.7 Å². The van der Waals surface area contributed by atoms with Gasteiger partial charge in [0.25, 0.3) is 0 Å². The molecule has 1 unspecified atom stereocenters. The number of epoxide rings is 1. The van der Waals surface area contributed by atoms with Crippen molar-refractivity contribution in [2.75, 3.05) is 6.61 Å². The van der Waals surface area contributed by atoms with Crippen LogP contribution in [0.25, 0.3) is 22.2 Å². The predicted octanol–water partition coefficient (Wildman–Crippen LogP) is 6.03. The Bertz CT molecular complexity index is 1010. The van der Waals surface area contributed by atoms with Crippen LogP contribution in [0.1, 0.15) is 22.8 Å². The number of benzene rings is 2. The van der Waals surface area contributed by atoms with Crippen LogP contribution in [-0.4, -0.2) is 11.6 Å². The number of rotatable bonds is 1. The molecule has 1 aliphatic heterocycles. The third kappa shape index (κ3) is 2.25. The first-order valence-corrected chi connectivity index (χ1v) is 8.97. The summed E-state index contributed by atoms with van der Waals surface area (Å²) in [5.41, 5.74) is 6.53. The number of hydrogen-bond donors (Lipinski definition) is 0. The minimum atomic E-state index is 0.111. The molecule has 0 saturated carbocycles. The number of ether oxygens (including phenoxy) is 1. The lowest BCUT2D eigenvalue weighted by Crippen LogP contribution is -2.10. The van der Waals surface area contributed by atoms with Crippen LogP contribution in [0.4, 0.5) is 0 Å².